The Kier molecular flexibility index (Phi) is 4.02. The summed E-state index contributed by atoms with van der Waals surface area (Å²) in [5, 5.41) is 12.9. The van der Waals surface area contributed by atoms with Gasteiger partial charge in [-0.05, 0) is 44.6 Å². The van der Waals surface area contributed by atoms with Gasteiger partial charge in [0.2, 0.25) is 0 Å². The molecule has 0 unspecified atom stereocenters. The van der Waals surface area contributed by atoms with Gasteiger partial charge in [-0.1, -0.05) is 29.8 Å². The monoisotopic (exact) mass is 247 g/mol. The number of carbonyl (C=O) groups excluding carboxylic acids is 1. The largest absolute Gasteiger partial charge is 0.380 e. The van der Waals surface area contributed by atoms with Crippen molar-refractivity contribution in [2.45, 2.75) is 44.6 Å². The fourth-order valence-corrected chi connectivity index (χ4v) is 2.54. The molecule has 1 fully saturated rings. The van der Waals surface area contributed by atoms with Gasteiger partial charge in [0.05, 0.1) is 0 Å². The van der Waals surface area contributed by atoms with Crippen LogP contribution >= 0.6 is 0 Å². The molecular formula is C15H21NO2. The maximum atomic E-state index is 11.9. The predicted octanol–water partition coefficient (Wildman–Crippen LogP) is 1.96. The van der Waals surface area contributed by atoms with Crippen LogP contribution in [0.2, 0.25) is 0 Å². The Morgan fingerprint density at radius 3 is 2.78 bits per heavy atom. The molecule has 0 aliphatic heterocycles. The Morgan fingerprint density at radius 1 is 1.39 bits per heavy atom. The van der Waals surface area contributed by atoms with Gasteiger partial charge >= 0.3 is 0 Å². The van der Waals surface area contributed by atoms with E-state index in [4.69, 9.17) is 0 Å². The van der Waals surface area contributed by atoms with Crippen molar-refractivity contribution in [3.8, 4) is 0 Å². The molecule has 2 rings (SSSR count). The molecule has 1 amide bonds. The molecule has 2 N–H and O–H groups in total. The maximum Gasteiger partial charge on any atom is 0.251 e. The van der Waals surface area contributed by atoms with Crippen molar-refractivity contribution in [2.75, 3.05) is 6.54 Å². The second-order valence-corrected chi connectivity index (χ2v) is 5.23. The first kappa shape index (κ1) is 13.1. The maximum absolute atomic E-state index is 11.9. The fourth-order valence-electron chi connectivity index (χ4n) is 2.54. The molecule has 0 radical (unpaired) electrons. The summed E-state index contributed by atoms with van der Waals surface area (Å²) in [4.78, 5) is 11.9. The van der Waals surface area contributed by atoms with Crippen molar-refractivity contribution >= 4 is 5.91 Å². The average Bonchev–Trinajstić information content (AvgIpc) is 2.77. The highest BCUT2D eigenvalue weighted by atomic mass is 16.3. The van der Waals surface area contributed by atoms with Crippen LogP contribution in [0.5, 0.6) is 0 Å². The minimum Gasteiger partial charge on any atom is -0.380 e. The van der Waals surface area contributed by atoms with Crippen molar-refractivity contribution < 1.29 is 9.90 Å². The van der Waals surface area contributed by atoms with E-state index in [0.29, 0.717) is 19.4 Å². The first-order valence-corrected chi connectivity index (χ1v) is 6.66. The molecule has 1 saturated carbocycles. The minimum atomic E-state index is -1.10. The van der Waals surface area contributed by atoms with Gasteiger partial charge in [-0.15, -0.1) is 0 Å². The molecule has 3 nitrogen and oxygen atoms in total. The van der Waals surface area contributed by atoms with Crippen LogP contribution < -0.4 is 5.32 Å². The van der Waals surface area contributed by atoms with Crippen molar-refractivity contribution in [1.29, 1.82) is 0 Å². The number of carbonyl (C=O) groups is 1. The number of nitrogens with one attached hydrogen (secondary N) is 1. The SMILES string of the molecule is Cc1cccc(CCNC(=O)C2(O)CCCC2)c1. The van der Waals surface area contributed by atoms with Crippen LogP contribution in [-0.2, 0) is 11.2 Å². The molecule has 0 spiro atoms. The van der Waals surface area contributed by atoms with Crippen molar-refractivity contribution in [2.24, 2.45) is 0 Å². The highest BCUT2D eigenvalue weighted by molar-refractivity contribution is 5.85. The van der Waals surface area contributed by atoms with E-state index < -0.39 is 5.60 Å². The van der Waals surface area contributed by atoms with Crippen LogP contribution in [0.1, 0.15) is 36.8 Å². The van der Waals surface area contributed by atoms with Crippen molar-refractivity contribution in [3.05, 3.63) is 35.4 Å². The number of rotatable bonds is 4. The number of benzene rings is 1. The summed E-state index contributed by atoms with van der Waals surface area (Å²) in [5.41, 5.74) is 1.34. The van der Waals surface area contributed by atoms with Crippen LogP contribution in [0.15, 0.2) is 24.3 Å². The zero-order valence-corrected chi connectivity index (χ0v) is 10.9. The summed E-state index contributed by atoms with van der Waals surface area (Å²) >= 11 is 0. The highest BCUT2D eigenvalue weighted by Gasteiger charge is 2.38. The predicted molar refractivity (Wildman–Crippen MR) is 71.3 cm³/mol. The first-order chi connectivity index (χ1) is 8.60. The number of aliphatic hydroxyl groups is 1. The summed E-state index contributed by atoms with van der Waals surface area (Å²) in [6.07, 6.45) is 3.90. The van der Waals surface area contributed by atoms with Gasteiger partial charge in [0.25, 0.3) is 5.91 Å². The average molecular weight is 247 g/mol. The van der Waals surface area contributed by atoms with E-state index in [1.807, 2.05) is 6.07 Å². The molecule has 1 aliphatic rings. The number of aryl methyl sites for hydroxylation is 1. The third-order valence-corrected chi connectivity index (χ3v) is 3.64. The van der Waals surface area contributed by atoms with Crippen LogP contribution in [0, 0.1) is 6.92 Å². The molecule has 0 heterocycles. The summed E-state index contributed by atoms with van der Waals surface area (Å²) < 4.78 is 0. The molecule has 98 valence electrons. The number of hydrogen-bond acceptors (Lipinski definition) is 2. The molecule has 0 bridgehead atoms. The third-order valence-electron chi connectivity index (χ3n) is 3.64. The van der Waals surface area contributed by atoms with Gasteiger partial charge in [-0.25, -0.2) is 0 Å². The van der Waals surface area contributed by atoms with E-state index in [9.17, 15) is 9.90 Å². The van der Waals surface area contributed by atoms with Crippen molar-refractivity contribution in [1.82, 2.24) is 5.32 Å². The zero-order chi connectivity index (χ0) is 13.0. The lowest BCUT2D eigenvalue weighted by Crippen LogP contribution is -2.45. The molecule has 0 aromatic heterocycles. The van der Waals surface area contributed by atoms with Gasteiger partial charge in [-0.2, -0.15) is 0 Å². The lowest BCUT2D eigenvalue weighted by molar-refractivity contribution is -0.139. The molecule has 1 aromatic rings. The molecular weight excluding hydrogens is 226 g/mol. The van der Waals surface area contributed by atoms with Crippen LogP contribution in [0.3, 0.4) is 0 Å². The van der Waals surface area contributed by atoms with Gasteiger partial charge in [-0.3, -0.25) is 4.79 Å². The summed E-state index contributed by atoms with van der Waals surface area (Å²) in [5.74, 6) is -0.201. The smallest absolute Gasteiger partial charge is 0.251 e. The molecule has 0 atom stereocenters. The standard InChI is InChI=1S/C15H21NO2/c1-12-5-4-6-13(11-12)7-10-16-14(17)15(18)8-2-3-9-15/h4-6,11,18H,2-3,7-10H2,1H3,(H,16,17). The Labute approximate surface area is 108 Å². The van der Waals surface area contributed by atoms with Crippen molar-refractivity contribution in [3.63, 3.8) is 0 Å². The van der Waals surface area contributed by atoms with E-state index in [2.05, 4.69) is 30.4 Å². The van der Waals surface area contributed by atoms with Crippen LogP contribution in [0.25, 0.3) is 0 Å². The van der Waals surface area contributed by atoms with E-state index >= 15 is 0 Å². The normalized spacial score (nSPS) is 17.7. The highest BCUT2D eigenvalue weighted by Crippen LogP contribution is 2.29. The van der Waals surface area contributed by atoms with E-state index in [0.717, 1.165) is 19.3 Å². The Hall–Kier alpha value is -1.35. The topological polar surface area (TPSA) is 49.3 Å². The minimum absolute atomic E-state index is 0.201. The lowest BCUT2D eigenvalue weighted by Gasteiger charge is -2.20. The quantitative estimate of drug-likeness (QED) is 0.854. The van der Waals surface area contributed by atoms with Gasteiger partial charge < -0.3 is 10.4 Å². The summed E-state index contributed by atoms with van der Waals surface area (Å²) in [6, 6.07) is 8.26. The van der Waals surface area contributed by atoms with E-state index in [-0.39, 0.29) is 5.91 Å². The van der Waals surface area contributed by atoms with Crippen LogP contribution in [-0.4, -0.2) is 23.2 Å². The van der Waals surface area contributed by atoms with E-state index in [1.54, 1.807) is 0 Å². The third kappa shape index (κ3) is 3.10. The van der Waals surface area contributed by atoms with E-state index in [1.165, 1.54) is 11.1 Å². The molecule has 1 aromatic carbocycles. The lowest BCUT2D eigenvalue weighted by atomic mass is 10.0. The fraction of sp³-hybridized carbons (Fsp3) is 0.533. The molecule has 0 saturated heterocycles. The zero-order valence-electron chi connectivity index (χ0n) is 10.9. The summed E-state index contributed by atoms with van der Waals surface area (Å²) in [7, 11) is 0. The second kappa shape index (κ2) is 5.53. The Bertz CT molecular complexity index is 422. The molecule has 18 heavy (non-hydrogen) atoms. The van der Waals surface area contributed by atoms with Gasteiger partial charge in [0, 0.05) is 6.54 Å². The van der Waals surface area contributed by atoms with Gasteiger partial charge in [0.15, 0.2) is 0 Å². The first-order valence-electron chi connectivity index (χ1n) is 6.66. The second-order valence-electron chi connectivity index (χ2n) is 5.23. The Morgan fingerprint density at radius 2 is 2.11 bits per heavy atom. The molecule has 3 heteroatoms. The Balaban J connectivity index is 1.80. The summed E-state index contributed by atoms with van der Waals surface area (Å²) in [6.45, 7) is 2.65. The van der Waals surface area contributed by atoms with Gasteiger partial charge in [0.1, 0.15) is 5.60 Å². The van der Waals surface area contributed by atoms with Crippen LogP contribution in [0.4, 0.5) is 0 Å². The number of amides is 1. The number of hydrogen-bond donors (Lipinski definition) is 2. The molecule has 1 aliphatic carbocycles.